The highest BCUT2D eigenvalue weighted by Gasteiger charge is 1.91. The Balaban J connectivity index is 0.00000121. The van der Waals surface area contributed by atoms with Gasteiger partial charge in [0.15, 0.2) is 0 Å². The molecule has 0 saturated carbocycles. The molecular weight excluding hydrogens is 138 g/mol. The van der Waals surface area contributed by atoms with Crippen molar-refractivity contribution in [1.29, 1.82) is 0 Å². The molecule has 0 bridgehead atoms. The quantitative estimate of drug-likeness (QED) is 0.652. The highest BCUT2D eigenvalue weighted by atomic mass is 14.9. The molecule has 1 rings (SSSR count). The molecule has 0 unspecified atom stereocenters. The van der Waals surface area contributed by atoms with E-state index in [1.165, 1.54) is 0 Å². The number of hydrogen-bond donors (Lipinski definition) is 1. The Bertz CT molecular complexity index is 191. The molecule has 3 nitrogen and oxygen atoms in total. The Labute approximate surface area is 68.4 Å². The first-order valence-electron chi connectivity index (χ1n) is 3.90. The lowest BCUT2D eigenvalue weighted by Crippen LogP contribution is -2.17. The summed E-state index contributed by atoms with van der Waals surface area (Å²) in [4.78, 5) is 8.20. The summed E-state index contributed by atoms with van der Waals surface area (Å²) in [5.74, 6) is 0.911. The van der Waals surface area contributed by atoms with Gasteiger partial charge in [0.05, 0.1) is 0 Å². The van der Waals surface area contributed by atoms with Crippen molar-refractivity contribution in [1.82, 2.24) is 15.3 Å². The van der Waals surface area contributed by atoms with E-state index in [-0.39, 0.29) is 1.43 Å². The van der Waals surface area contributed by atoms with Crippen LogP contribution in [-0.4, -0.2) is 23.1 Å². The maximum Gasteiger partial charge on any atom is 0.129 e. The molecule has 0 radical (unpaired) electrons. The van der Waals surface area contributed by atoms with Gasteiger partial charge < -0.3 is 5.32 Å². The van der Waals surface area contributed by atoms with Crippen LogP contribution >= 0.6 is 0 Å². The van der Waals surface area contributed by atoms with Crippen LogP contribution < -0.4 is 5.32 Å². The maximum absolute atomic E-state index is 4.10. The lowest BCUT2D eigenvalue weighted by atomic mass is 10.4. The minimum absolute atomic E-state index is 0. The number of aromatic nitrogens is 2. The Morgan fingerprint density at radius 2 is 2.18 bits per heavy atom. The van der Waals surface area contributed by atoms with Crippen molar-refractivity contribution in [2.75, 3.05) is 13.1 Å². The second-order valence-corrected chi connectivity index (χ2v) is 2.27. The predicted octanol–water partition coefficient (Wildman–Crippen LogP) is 0.875. The molecule has 0 amide bonds. The summed E-state index contributed by atoms with van der Waals surface area (Å²) in [7, 11) is 0. The molecule has 11 heavy (non-hydrogen) atoms. The van der Waals surface area contributed by atoms with E-state index in [9.17, 15) is 0 Å². The van der Waals surface area contributed by atoms with E-state index in [1.54, 1.807) is 12.4 Å². The highest BCUT2D eigenvalue weighted by molar-refractivity contribution is 4.88. The Morgan fingerprint density at radius 1 is 1.45 bits per heavy atom. The number of nitrogens with zero attached hydrogens (tertiary/aromatic N) is 2. The van der Waals surface area contributed by atoms with E-state index in [2.05, 4.69) is 22.2 Å². The van der Waals surface area contributed by atoms with Crippen LogP contribution in [0.3, 0.4) is 0 Å². The fourth-order valence-corrected chi connectivity index (χ4v) is 0.836. The van der Waals surface area contributed by atoms with Gasteiger partial charge in [-0.05, 0) is 12.6 Å². The van der Waals surface area contributed by atoms with Gasteiger partial charge in [0.1, 0.15) is 5.82 Å². The fourth-order valence-electron chi connectivity index (χ4n) is 0.836. The molecule has 0 fully saturated rings. The molecular formula is C8H15N3. The molecule has 0 spiro atoms. The lowest BCUT2D eigenvalue weighted by molar-refractivity contribution is 0.696. The average molecular weight is 153 g/mol. The van der Waals surface area contributed by atoms with E-state index < -0.39 is 0 Å². The molecule has 0 aliphatic heterocycles. The van der Waals surface area contributed by atoms with Gasteiger partial charge in [-0.3, -0.25) is 0 Å². The maximum atomic E-state index is 4.10. The van der Waals surface area contributed by atoms with Crippen LogP contribution in [0.15, 0.2) is 18.5 Å². The van der Waals surface area contributed by atoms with E-state index in [4.69, 9.17) is 0 Å². The summed E-state index contributed by atoms with van der Waals surface area (Å²) in [6.45, 7) is 4.05. The van der Waals surface area contributed by atoms with Gasteiger partial charge in [0.25, 0.3) is 0 Å². The number of nitrogens with one attached hydrogen (secondary N) is 1. The van der Waals surface area contributed by atoms with Crippen molar-refractivity contribution in [3.63, 3.8) is 0 Å². The van der Waals surface area contributed by atoms with Crippen LogP contribution in [0.25, 0.3) is 0 Å². The predicted molar refractivity (Wildman–Crippen MR) is 46.4 cm³/mol. The zero-order valence-corrected chi connectivity index (χ0v) is 6.75. The van der Waals surface area contributed by atoms with Crippen LogP contribution in [0.2, 0.25) is 0 Å². The van der Waals surface area contributed by atoms with Gasteiger partial charge in [-0.25, -0.2) is 9.97 Å². The summed E-state index contributed by atoms with van der Waals surface area (Å²) in [6.07, 6.45) is 4.46. The molecule has 0 aliphatic rings. The van der Waals surface area contributed by atoms with Gasteiger partial charge in [0, 0.05) is 26.8 Å². The monoisotopic (exact) mass is 153 g/mol. The smallest absolute Gasteiger partial charge is 0.129 e. The van der Waals surface area contributed by atoms with Crippen molar-refractivity contribution < 1.29 is 1.43 Å². The van der Waals surface area contributed by atoms with E-state index in [0.29, 0.717) is 0 Å². The topological polar surface area (TPSA) is 37.8 Å². The third-order valence-corrected chi connectivity index (χ3v) is 1.39. The summed E-state index contributed by atoms with van der Waals surface area (Å²) >= 11 is 0. The Kier molecular flexibility index (Phi) is 3.55. The standard InChI is InChI=1S/C8H13N3.H2/c1-2-9-7-4-8-10-5-3-6-11-8;/h3,5-6,9H,2,4,7H2,1H3;1H. The van der Waals surface area contributed by atoms with Gasteiger partial charge in [-0.15, -0.1) is 0 Å². The van der Waals surface area contributed by atoms with Crippen molar-refractivity contribution >= 4 is 0 Å². The highest BCUT2D eigenvalue weighted by Crippen LogP contribution is 1.86. The zero-order valence-electron chi connectivity index (χ0n) is 6.75. The SMILES string of the molecule is CCNCCc1ncccn1.[HH]. The molecule has 3 heteroatoms. The van der Waals surface area contributed by atoms with Crippen LogP contribution in [0.4, 0.5) is 0 Å². The second-order valence-electron chi connectivity index (χ2n) is 2.27. The minimum atomic E-state index is 0. The summed E-state index contributed by atoms with van der Waals surface area (Å²) in [5, 5.41) is 3.22. The third kappa shape index (κ3) is 3.09. The fraction of sp³-hybridized carbons (Fsp3) is 0.500. The molecule has 62 valence electrons. The minimum Gasteiger partial charge on any atom is -0.317 e. The van der Waals surface area contributed by atoms with E-state index in [1.807, 2.05) is 6.07 Å². The number of rotatable bonds is 4. The van der Waals surface area contributed by atoms with Crippen LogP contribution in [-0.2, 0) is 6.42 Å². The molecule has 1 heterocycles. The molecule has 1 aromatic heterocycles. The van der Waals surface area contributed by atoms with Crippen molar-refractivity contribution in [2.24, 2.45) is 0 Å². The van der Waals surface area contributed by atoms with Gasteiger partial charge >= 0.3 is 0 Å². The average Bonchev–Trinajstić information content (AvgIpc) is 2.07. The van der Waals surface area contributed by atoms with Crippen molar-refractivity contribution in [3.8, 4) is 0 Å². The zero-order chi connectivity index (χ0) is 7.94. The molecule has 1 aromatic rings. The molecule has 0 aliphatic carbocycles. The van der Waals surface area contributed by atoms with E-state index >= 15 is 0 Å². The molecule has 0 saturated heterocycles. The Morgan fingerprint density at radius 3 is 2.82 bits per heavy atom. The van der Waals surface area contributed by atoms with E-state index in [0.717, 1.165) is 25.3 Å². The molecule has 1 N–H and O–H groups in total. The molecule has 0 atom stereocenters. The first kappa shape index (κ1) is 8.14. The summed E-state index contributed by atoms with van der Waals surface area (Å²) in [5.41, 5.74) is 0. The summed E-state index contributed by atoms with van der Waals surface area (Å²) < 4.78 is 0. The Hall–Kier alpha value is -0.960. The molecule has 0 aromatic carbocycles. The van der Waals surface area contributed by atoms with Crippen LogP contribution in [0.5, 0.6) is 0 Å². The van der Waals surface area contributed by atoms with Crippen LogP contribution in [0, 0.1) is 0 Å². The van der Waals surface area contributed by atoms with Gasteiger partial charge in [-0.1, -0.05) is 6.92 Å². The second kappa shape index (κ2) is 4.79. The van der Waals surface area contributed by atoms with Crippen LogP contribution in [0.1, 0.15) is 14.2 Å². The van der Waals surface area contributed by atoms with Gasteiger partial charge in [0.2, 0.25) is 0 Å². The van der Waals surface area contributed by atoms with Crippen molar-refractivity contribution in [3.05, 3.63) is 24.3 Å². The first-order valence-corrected chi connectivity index (χ1v) is 3.90. The number of likely N-dealkylation sites (N-methyl/N-ethyl adjacent to an activating group) is 1. The lowest BCUT2D eigenvalue weighted by Gasteiger charge is -1.98. The third-order valence-electron chi connectivity index (χ3n) is 1.39. The largest absolute Gasteiger partial charge is 0.317 e. The normalized spacial score (nSPS) is 9.91. The first-order chi connectivity index (χ1) is 5.43. The van der Waals surface area contributed by atoms with Gasteiger partial charge in [-0.2, -0.15) is 0 Å². The number of hydrogen-bond acceptors (Lipinski definition) is 3. The van der Waals surface area contributed by atoms with Crippen molar-refractivity contribution in [2.45, 2.75) is 13.3 Å². The summed E-state index contributed by atoms with van der Waals surface area (Å²) in [6, 6.07) is 1.83.